The van der Waals surface area contributed by atoms with E-state index in [1.165, 1.54) is 49.3 Å². The molecule has 4 rings (SSSR count). The number of piperidine rings is 3. The van der Waals surface area contributed by atoms with E-state index in [1.807, 2.05) is 0 Å². The topological polar surface area (TPSA) is 15.3 Å². The Labute approximate surface area is 104 Å². The molecule has 1 atom stereocenters. The molecule has 3 aliphatic heterocycles. The Kier molecular flexibility index (Phi) is 2.83. The molecule has 0 saturated carbocycles. The second-order valence-corrected chi connectivity index (χ2v) is 5.77. The molecule has 0 spiro atoms. The van der Waals surface area contributed by atoms with Crippen molar-refractivity contribution in [3.05, 3.63) is 29.3 Å². The van der Waals surface area contributed by atoms with Crippen LogP contribution in [0.5, 0.6) is 0 Å². The third-order valence-corrected chi connectivity index (χ3v) is 4.23. The predicted molar refractivity (Wildman–Crippen MR) is 72.5 cm³/mol. The van der Waals surface area contributed by atoms with E-state index in [9.17, 15) is 0 Å². The molecule has 3 heterocycles. The summed E-state index contributed by atoms with van der Waals surface area (Å²) in [5.74, 6) is 0.890. The molecule has 0 amide bonds. The van der Waals surface area contributed by atoms with Gasteiger partial charge in [0.1, 0.15) is 0 Å². The van der Waals surface area contributed by atoms with Gasteiger partial charge >= 0.3 is 0 Å². The Morgan fingerprint density at radius 3 is 2.24 bits per heavy atom. The van der Waals surface area contributed by atoms with Crippen LogP contribution in [0.25, 0.3) is 0 Å². The lowest BCUT2D eigenvalue weighted by atomic mass is 9.84. The van der Waals surface area contributed by atoms with Crippen molar-refractivity contribution in [2.45, 2.75) is 32.7 Å². The van der Waals surface area contributed by atoms with Crippen molar-refractivity contribution in [3.8, 4) is 0 Å². The maximum atomic E-state index is 3.75. The van der Waals surface area contributed by atoms with Gasteiger partial charge in [-0.2, -0.15) is 0 Å². The van der Waals surface area contributed by atoms with E-state index in [4.69, 9.17) is 0 Å². The van der Waals surface area contributed by atoms with Crippen LogP contribution in [0.1, 0.15) is 24.0 Å². The first kappa shape index (κ1) is 11.1. The zero-order valence-electron chi connectivity index (χ0n) is 10.9. The highest BCUT2D eigenvalue weighted by Crippen LogP contribution is 2.30. The van der Waals surface area contributed by atoms with Crippen molar-refractivity contribution < 1.29 is 0 Å². The largest absolute Gasteiger partial charge is 0.381 e. The molecule has 17 heavy (non-hydrogen) atoms. The summed E-state index contributed by atoms with van der Waals surface area (Å²) < 4.78 is 0. The van der Waals surface area contributed by atoms with Gasteiger partial charge in [0, 0.05) is 18.3 Å². The minimum atomic E-state index is 0.665. The number of hydrogen-bond donors (Lipinski definition) is 1. The molecular weight excluding hydrogens is 208 g/mol. The average Bonchev–Trinajstić information content (AvgIpc) is 2.29. The number of nitrogens with zero attached hydrogens (tertiary/aromatic N) is 1. The summed E-state index contributed by atoms with van der Waals surface area (Å²) in [5, 5.41) is 3.75. The van der Waals surface area contributed by atoms with Gasteiger partial charge in [-0.1, -0.05) is 6.07 Å². The lowest BCUT2D eigenvalue weighted by molar-refractivity contribution is 0.0975. The van der Waals surface area contributed by atoms with Crippen LogP contribution in [0.4, 0.5) is 5.69 Å². The molecule has 1 N–H and O–H groups in total. The lowest BCUT2D eigenvalue weighted by Gasteiger charge is -2.45. The summed E-state index contributed by atoms with van der Waals surface area (Å²) in [4.78, 5) is 2.60. The second kappa shape index (κ2) is 4.34. The quantitative estimate of drug-likeness (QED) is 0.840. The van der Waals surface area contributed by atoms with E-state index in [0.717, 1.165) is 5.92 Å². The molecule has 3 fully saturated rings. The molecule has 1 aromatic carbocycles. The number of nitrogens with one attached hydrogen (secondary N) is 1. The Hall–Kier alpha value is -1.02. The molecular formula is C15H22N2. The van der Waals surface area contributed by atoms with Crippen LogP contribution >= 0.6 is 0 Å². The van der Waals surface area contributed by atoms with Crippen LogP contribution in [-0.4, -0.2) is 30.6 Å². The van der Waals surface area contributed by atoms with Crippen LogP contribution in [0.15, 0.2) is 18.2 Å². The fourth-order valence-corrected chi connectivity index (χ4v) is 3.40. The second-order valence-electron chi connectivity index (χ2n) is 5.77. The first-order chi connectivity index (χ1) is 8.20. The summed E-state index contributed by atoms with van der Waals surface area (Å²) in [6, 6.07) is 7.44. The van der Waals surface area contributed by atoms with Gasteiger partial charge in [-0.25, -0.2) is 0 Å². The van der Waals surface area contributed by atoms with Crippen LogP contribution in [0, 0.1) is 19.8 Å². The molecule has 92 valence electrons. The first-order valence-corrected chi connectivity index (χ1v) is 6.78. The van der Waals surface area contributed by atoms with Crippen LogP contribution in [-0.2, 0) is 0 Å². The highest BCUT2D eigenvalue weighted by molar-refractivity contribution is 5.49. The van der Waals surface area contributed by atoms with E-state index in [-0.39, 0.29) is 0 Å². The fraction of sp³-hybridized carbons (Fsp3) is 0.600. The lowest BCUT2D eigenvalue weighted by Crippen LogP contribution is -2.53. The van der Waals surface area contributed by atoms with E-state index < -0.39 is 0 Å². The Balaban J connectivity index is 1.74. The predicted octanol–water partition coefficient (Wildman–Crippen LogP) is 2.81. The number of hydrogen-bond acceptors (Lipinski definition) is 2. The molecule has 0 aliphatic carbocycles. The number of benzene rings is 1. The van der Waals surface area contributed by atoms with Crippen molar-refractivity contribution in [3.63, 3.8) is 0 Å². The van der Waals surface area contributed by atoms with E-state index in [0.29, 0.717) is 6.04 Å². The van der Waals surface area contributed by atoms with E-state index in [1.54, 1.807) is 0 Å². The van der Waals surface area contributed by atoms with E-state index >= 15 is 0 Å². The van der Waals surface area contributed by atoms with Crippen molar-refractivity contribution in [2.24, 2.45) is 5.92 Å². The van der Waals surface area contributed by atoms with Crippen LogP contribution < -0.4 is 5.32 Å². The van der Waals surface area contributed by atoms with Crippen molar-refractivity contribution in [1.82, 2.24) is 4.90 Å². The SMILES string of the molecule is Cc1cc(C)cc(NC2CN3CCC2CC3)c1. The van der Waals surface area contributed by atoms with Crippen LogP contribution in [0.2, 0.25) is 0 Å². The third kappa shape index (κ3) is 2.32. The normalized spacial score (nSPS) is 31.5. The van der Waals surface area contributed by atoms with Gasteiger partial charge in [0.25, 0.3) is 0 Å². The molecule has 3 aliphatic rings. The number of rotatable bonds is 2. The highest BCUT2D eigenvalue weighted by Gasteiger charge is 2.33. The van der Waals surface area contributed by atoms with Crippen molar-refractivity contribution in [2.75, 3.05) is 25.0 Å². The molecule has 1 aromatic rings. The van der Waals surface area contributed by atoms with Crippen molar-refractivity contribution in [1.29, 1.82) is 0 Å². The minimum Gasteiger partial charge on any atom is -0.381 e. The molecule has 2 heteroatoms. The fourth-order valence-electron chi connectivity index (χ4n) is 3.40. The first-order valence-electron chi connectivity index (χ1n) is 6.78. The standard InChI is InChI=1S/C15H22N2/c1-11-7-12(2)9-14(8-11)16-15-10-17-5-3-13(15)4-6-17/h7-9,13,15-16H,3-6,10H2,1-2H3. The Bertz CT molecular complexity index is 385. The third-order valence-electron chi connectivity index (χ3n) is 4.23. The van der Waals surface area contributed by atoms with Gasteiger partial charge in [-0.05, 0) is 69.0 Å². The number of fused-ring (bicyclic) bond motifs is 3. The maximum Gasteiger partial charge on any atom is 0.0417 e. The summed E-state index contributed by atoms with van der Waals surface area (Å²) in [7, 11) is 0. The summed E-state index contributed by atoms with van der Waals surface area (Å²) >= 11 is 0. The molecule has 1 unspecified atom stereocenters. The van der Waals surface area contributed by atoms with Crippen LogP contribution in [0.3, 0.4) is 0 Å². The monoisotopic (exact) mass is 230 g/mol. The number of aryl methyl sites for hydroxylation is 2. The zero-order chi connectivity index (χ0) is 11.8. The van der Waals surface area contributed by atoms with Gasteiger partial charge < -0.3 is 10.2 Å². The van der Waals surface area contributed by atoms with Crippen molar-refractivity contribution >= 4 is 5.69 Å². The molecule has 0 radical (unpaired) electrons. The Morgan fingerprint density at radius 2 is 1.71 bits per heavy atom. The molecule has 3 saturated heterocycles. The maximum absolute atomic E-state index is 3.75. The average molecular weight is 230 g/mol. The molecule has 2 bridgehead atoms. The smallest absolute Gasteiger partial charge is 0.0417 e. The summed E-state index contributed by atoms with van der Waals surface area (Å²) in [6.07, 6.45) is 2.75. The number of anilines is 1. The molecule has 2 nitrogen and oxygen atoms in total. The Morgan fingerprint density at radius 1 is 1.06 bits per heavy atom. The zero-order valence-corrected chi connectivity index (χ0v) is 10.9. The minimum absolute atomic E-state index is 0.665. The van der Waals surface area contributed by atoms with Gasteiger partial charge in [0.2, 0.25) is 0 Å². The summed E-state index contributed by atoms with van der Waals surface area (Å²) in [6.45, 7) is 8.21. The highest BCUT2D eigenvalue weighted by atomic mass is 15.2. The van der Waals surface area contributed by atoms with Gasteiger partial charge in [-0.15, -0.1) is 0 Å². The van der Waals surface area contributed by atoms with Gasteiger partial charge in [0.15, 0.2) is 0 Å². The molecule has 0 aromatic heterocycles. The van der Waals surface area contributed by atoms with Gasteiger partial charge in [0.05, 0.1) is 0 Å². The van der Waals surface area contributed by atoms with Gasteiger partial charge in [-0.3, -0.25) is 0 Å². The van der Waals surface area contributed by atoms with E-state index in [2.05, 4.69) is 42.3 Å². The summed E-state index contributed by atoms with van der Waals surface area (Å²) in [5.41, 5.74) is 4.02.